The fourth-order valence-electron chi connectivity index (χ4n) is 2.03. The molecule has 1 fully saturated rings. The summed E-state index contributed by atoms with van der Waals surface area (Å²) in [6, 6.07) is 1.65. The molecule has 106 valence electrons. The minimum atomic E-state index is 0.00538. The number of phenolic OH excluding ortho intramolecular Hbond substituents is 1. The quantitative estimate of drug-likeness (QED) is 0.656. The first-order chi connectivity index (χ1) is 9.09. The second-order valence-corrected chi connectivity index (χ2v) is 5.42. The van der Waals surface area contributed by atoms with E-state index in [1.807, 2.05) is 5.06 Å². The summed E-state index contributed by atoms with van der Waals surface area (Å²) < 4.78 is 0. The lowest BCUT2D eigenvalue weighted by atomic mass is 10.2. The van der Waals surface area contributed by atoms with Crippen LogP contribution in [0.15, 0.2) is 6.07 Å². The number of piperidine rings is 1. The highest BCUT2D eigenvalue weighted by Crippen LogP contribution is 2.38. The van der Waals surface area contributed by atoms with Crippen molar-refractivity contribution in [2.75, 3.05) is 25.1 Å². The molecule has 0 aliphatic carbocycles. The van der Waals surface area contributed by atoms with Crippen LogP contribution in [0.25, 0.3) is 0 Å². The van der Waals surface area contributed by atoms with Crippen molar-refractivity contribution >= 4 is 28.9 Å². The van der Waals surface area contributed by atoms with Gasteiger partial charge in [-0.25, -0.2) is 0 Å². The number of benzene rings is 1. The van der Waals surface area contributed by atoms with Gasteiger partial charge in [-0.15, -0.1) is 0 Å². The molecule has 0 aromatic heterocycles. The Balaban J connectivity index is 1.92. The molecule has 0 saturated carbocycles. The zero-order valence-corrected chi connectivity index (χ0v) is 12.4. The number of nitrogens with zero attached hydrogens (tertiary/aromatic N) is 1. The highest BCUT2D eigenvalue weighted by Gasteiger charge is 2.13. The molecule has 0 bridgehead atoms. The van der Waals surface area contributed by atoms with Crippen LogP contribution in [0.2, 0.25) is 10.0 Å². The molecule has 0 radical (unpaired) electrons. The minimum absolute atomic E-state index is 0.00538. The topological polar surface area (TPSA) is 44.7 Å². The number of anilines is 1. The zero-order valence-electron chi connectivity index (χ0n) is 10.9. The number of halogens is 2. The zero-order chi connectivity index (χ0) is 13.8. The van der Waals surface area contributed by atoms with Crippen molar-refractivity contribution in [3.63, 3.8) is 0 Å². The molecule has 1 saturated heterocycles. The van der Waals surface area contributed by atoms with Crippen LogP contribution in [0.4, 0.5) is 5.69 Å². The molecule has 4 nitrogen and oxygen atoms in total. The smallest absolute Gasteiger partial charge is 0.157 e. The summed E-state index contributed by atoms with van der Waals surface area (Å²) in [5, 5.41) is 15.6. The van der Waals surface area contributed by atoms with E-state index in [0.717, 1.165) is 25.9 Å². The fourth-order valence-corrected chi connectivity index (χ4v) is 2.49. The van der Waals surface area contributed by atoms with E-state index in [9.17, 15) is 5.11 Å². The summed E-state index contributed by atoms with van der Waals surface area (Å²) in [5.41, 5.74) is 1.15. The van der Waals surface area contributed by atoms with Gasteiger partial charge in [0, 0.05) is 18.1 Å². The highest BCUT2D eigenvalue weighted by molar-refractivity contribution is 6.37. The average molecular weight is 305 g/mol. The Kier molecular flexibility index (Phi) is 5.16. The Bertz CT molecular complexity index is 449. The van der Waals surface area contributed by atoms with Crippen LogP contribution >= 0.6 is 23.2 Å². The molecule has 0 spiro atoms. The SMILES string of the molecule is Cc1c(Cl)cc(NCON2CCCCC2)c(O)c1Cl. The van der Waals surface area contributed by atoms with Gasteiger partial charge in [-0.1, -0.05) is 29.6 Å². The van der Waals surface area contributed by atoms with Crippen LogP contribution in [0, 0.1) is 6.92 Å². The van der Waals surface area contributed by atoms with E-state index in [0.29, 0.717) is 16.3 Å². The van der Waals surface area contributed by atoms with E-state index < -0.39 is 0 Å². The molecule has 1 aliphatic heterocycles. The number of rotatable bonds is 4. The van der Waals surface area contributed by atoms with Crippen molar-refractivity contribution in [2.45, 2.75) is 26.2 Å². The molecule has 1 aromatic carbocycles. The maximum Gasteiger partial charge on any atom is 0.157 e. The largest absolute Gasteiger partial charge is 0.504 e. The minimum Gasteiger partial charge on any atom is -0.504 e. The second-order valence-electron chi connectivity index (χ2n) is 4.63. The molecule has 2 rings (SSSR count). The van der Waals surface area contributed by atoms with Crippen LogP contribution in [-0.4, -0.2) is 30.0 Å². The Morgan fingerprint density at radius 1 is 1.32 bits per heavy atom. The van der Waals surface area contributed by atoms with Gasteiger partial charge in [-0.3, -0.25) is 4.84 Å². The van der Waals surface area contributed by atoms with E-state index in [2.05, 4.69) is 5.32 Å². The lowest BCUT2D eigenvalue weighted by Crippen LogP contribution is -2.31. The van der Waals surface area contributed by atoms with Crippen LogP contribution in [0.3, 0.4) is 0 Å². The number of hydrogen-bond donors (Lipinski definition) is 2. The average Bonchev–Trinajstić information content (AvgIpc) is 2.43. The van der Waals surface area contributed by atoms with E-state index in [4.69, 9.17) is 28.0 Å². The lowest BCUT2D eigenvalue weighted by molar-refractivity contribution is -0.161. The van der Waals surface area contributed by atoms with Crippen molar-refractivity contribution in [1.82, 2.24) is 5.06 Å². The standard InChI is InChI=1S/C13H18Cl2N2O2/c1-9-10(14)7-11(13(18)12(9)15)16-8-19-17-5-3-2-4-6-17/h7,16,18H,2-6,8H2,1H3. The third kappa shape index (κ3) is 3.66. The number of nitrogens with one attached hydrogen (secondary N) is 1. The van der Waals surface area contributed by atoms with Gasteiger partial charge in [0.05, 0.1) is 10.7 Å². The molecule has 0 unspecified atom stereocenters. The van der Waals surface area contributed by atoms with Crippen LogP contribution in [-0.2, 0) is 4.84 Å². The van der Waals surface area contributed by atoms with Gasteiger partial charge in [0.1, 0.15) is 6.73 Å². The summed E-state index contributed by atoms with van der Waals surface area (Å²) in [6.45, 7) is 3.94. The third-order valence-corrected chi connectivity index (χ3v) is 4.10. The fraction of sp³-hybridized carbons (Fsp3) is 0.538. The molecular weight excluding hydrogens is 287 g/mol. The van der Waals surface area contributed by atoms with Crippen molar-refractivity contribution < 1.29 is 9.94 Å². The maximum absolute atomic E-state index is 9.92. The first-order valence-corrected chi connectivity index (χ1v) is 7.14. The maximum atomic E-state index is 9.92. The first kappa shape index (κ1) is 14.7. The van der Waals surface area contributed by atoms with Gasteiger partial charge in [0.2, 0.25) is 0 Å². The normalized spacial score (nSPS) is 16.6. The van der Waals surface area contributed by atoms with Gasteiger partial charge < -0.3 is 10.4 Å². The Hall–Kier alpha value is -0.680. The van der Waals surface area contributed by atoms with Gasteiger partial charge in [-0.05, 0) is 31.4 Å². The Morgan fingerprint density at radius 3 is 2.68 bits per heavy atom. The van der Waals surface area contributed by atoms with Gasteiger partial charge >= 0.3 is 0 Å². The Labute approximate surface area is 123 Å². The van der Waals surface area contributed by atoms with Crippen molar-refractivity contribution in [1.29, 1.82) is 0 Å². The van der Waals surface area contributed by atoms with Gasteiger partial charge in [0.25, 0.3) is 0 Å². The number of hydroxylamine groups is 2. The molecule has 19 heavy (non-hydrogen) atoms. The molecule has 0 atom stereocenters. The van der Waals surface area contributed by atoms with Crippen LogP contribution in [0.5, 0.6) is 5.75 Å². The predicted molar refractivity (Wildman–Crippen MR) is 77.9 cm³/mol. The second kappa shape index (κ2) is 6.66. The molecule has 0 amide bonds. The van der Waals surface area contributed by atoms with Gasteiger partial charge in [-0.2, -0.15) is 5.06 Å². The lowest BCUT2D eigenvalue weighted by Gasteiger charge is -2.25. The van der Waals surface area contributed by atoms with Gasteiger partial charge in [0.15, 0.2) is 5.75 Å². The summed E-state index contributed by atoms with van der Waals surface area (Å²) in [6.07, 6.45) is 3.58. The predicted octanol–water partition coefficient (Wildman–Crippen LogP) is 3.79. The Morgan fingerprint density at radius 2 is 2.00 bits per heavy atom. The summed E-state index contributed by atoms with van der Waals surface area (Å²) in [5.74, 6) is 0.00538. The number of hydrogen-bond acceptors (Lipinski definition) is 4. The molecule has 6 heteroatoms. The van der Waals surface area contributed by atoms with E-state index in [1.54, 1.807) is 13.0 Å². The number of aromatic hydroxyl groups is 1. The number of phenols is 1. The summed E-state index contributed by atoms with van der Waals surface area (Å²) in [4.78, 5) is 5.58. The molecule has 1 aliphatic rings. The molecule has 1 heterocycles. The molecule has 2 N–H and O–H groups in total. The summed E-state index contributed by atoms with van der Waals surface area (Å²) >= 11 is 12.0. The van der Waals surface area contributed by atoms with E-state index >= 15 is 0 Å². The van der Waals surface area contributed by atoms with Crippen LogP contribution in [0.1, 0.15) is 24.8 Å². The van der Waals surface area contributed by atoms with Crippen LogP contribution < -0.4 is 5.32 Å². The summed E-state index contributed by atoms with van der Waals surface area (Å²) in [7, 11) is 0. The monoisotopic (exact) mass is 304 g/mol. The van der Waals surface area contributed by atoms with Crippen molar-refractivity contribution in [2.24, 2.45) is 0 Å². The van der Waals surface area contributed by atoms with E-state index in [-0.39, 0.29) is 17.5 Å². The first-order valence-electron chi connectivity index (χ1n) is 6.39. The molecule has 1 aromatic rings. The third-order valence-electron chi connectivity index (χ3n) is 3.25. The highest BCUT2D eigenvalue weighted by atomic mass is 35.5. The van der Waals surface area contributed by atoms with Crippen molar-refractivity contribution in [3.05, 3.63) is 21.7 Å². The van der Waals surface area contributed by atoms with E-state index in [1.165, 1.54) is 6.42 Å². The molecular formula is C13H18Cl2N2O2. The van der Waals surface area contributed by atoms with Crippen molar-refractivity contribution in [3.8, 4) is 5.75 Å².